The lowest BCUT2D eigenvalue weighted by Gasteiger charge is -2.22. The second kappa shape index (κ2) is 12.9. The summed E-state index contributed by atoms with van der Waals surface area (Å²) in [6, 6.07) is 52.4. The van der Waals surface area contributed by atoms with Gasteiger partial charge in [0.15, 0.2) is 0 Å². The maximum absolute atomic E-state index is 11.2. The van der Waals surface area contributed by atoms with E-state index in [2.05, 4.69) is 148 Å². The molecule has 8 rings (SSSR count). The molecule has 0 radical (unpaired) electrons. The fourth-order valence-corrected chi connectivity index (χ4v) is 6.89. The highest BCUT2D eigenvalue weighted by Crippen LogP contribution is 2.40. The fourth-order valence-electron chi connectivity index (χ4n) is 6.89. The van der Waals surface area contributed by atoms with Gasteiger partial charge < -0.3 is 5.11 Å². The van der Waals surface area contributed by atoms with E-state index in [4.69, 9.17) is 9.97 Å². The highest BCUT2D eigenvalue weighted by molar-refractivity contribution is 5.97. The number of pyridine rings is 1. The highest BCUT2D eigenvalue weighted by Gasteiger charge is 2.22. The van der Waals surface area contributed by atoms with Gasteiger partial charge in [0.1, 0.15) is 11.6 Å². The molecule has 0 amide bonds. The number of fused-ring (bicyclic) bond motifs is 1. The largest absolute Gasteiger partial charge is 0.507 e. The van der Waals surface area contributed by atoms with Crippen LogP contribution in [0.4, 0.5) is 0 Å². The molecule has 1 N–H and O–H groups in total. The predicted molar refractivity (Wildman–Crippen MR) is 211 cm³/mol. The Morgan fingerprint density at radius 1 is 0.549 bits per heavy atom. The first-order valence-corrected chi connectivity index (χ1v) is 17.4. The lowest BCUT2D eigenvalue weighted by molar-refractivity contribution is 0.477. The number of benzene rings is 6. The van der Waals surface area contributed by atoms with Gasteiger partial charge in [-0.1, -0.05) is 118 Å². The van der Waals surface area contributed by atoms with E-state index in [1.807, 2.05) is 36.5 Å². The first-order chi connectivity index (χ1) is 24.7. The van der Waals surface area contributed by atoms with E-state index in [0.29, 0.717) is 11.4 Å². The first-order valence-electron chi connectivity index (χ1n) is 17.4. The van der Waals surface area contributed by atoms with Crippen LogP contribution in [0.25, 0.3) is 72.7 Å². The van der Waals surface area contributed by atoms with Gasteiger partial charge in [-0.3, -0.25) is 9.55 Å². The van der Waals surface area contributed by atoms with E-state index in [0.717, 1.165) is 66.9 Å². The molecule has 4 heteroatoms. The zero-order valence-electron chi connectivity index (χ0n) is 29.3. The molecule has 2 aromatic heterocycles. The Morgan fingerprint density at radius 2 is 1.22 bits per heavy atom. The summed E-state index contributed by atoms with van der Waals surface area (Å²) in [4.78, 5) is 10.2. The van der Waals surface area contributed by atoms with Gasteiger partial charge in [-0.2, -0.15) is 0 Å². The number of phenols is 1. The Morgan fingerprint density at radius 3 is 1.94 bits per heavy atom. The minimum absolute atomic E-state index is 0.106. The normalized spacial score (nSPS) is 11.6. The first kappa shape index (κ1) is 32.0. The third kappa shape index (κ3) is 6.21. The number of hydrogen-bond donors (Lipinski definition) is 1. The van der Waals surface area contributed by atoms with Gasteiger partial charge in [-0.05, 0) is 106 Å². The van der Waals surface area contributed by atoms with Crippen LogP contribution in [0.3, 0.4) is 0 Å². The van der Waals surface area contributed by atoms with E-state index >= 15 is 0 Å². The van der Waals surface area contributed by atoms with Crippen LogP contribution in [0.2, 0.25) is 0 Å². The van der Waals surface area contributed by atoms with Crippen molar-refractivity contribution in [3.8, 4) is 67.5 Å². The van der Waals surface area contributed by atoms with Gasteiger partial charge in [0.05, 0.1) is 22.3 Å². The van der Waals surface area contributed by atoms with E-state index in [1.165, 1.54) is 5.56 Å². The number of nitrogens with zero attached hydrogens (tertiary/aromatic N) is 3. The minimum atomic E-state index is -0.106. The molecule has 0 aliphatic carbocycles. The van der Waals surface area contributed by atoms with Gasteiger partial charge in [0.25, 0.3) is 0 Å². The van der Waals surface area contributed by atoms with Crippen LogP contribution < -0.4 is 0 Å². The Balaban J connectivity index is 1.36. The molecule has 4 nitrogen and oxygen atoms in total. The van der Waals surface area contributed by atoms with Crippen LogP contribution in [0.5, 0.6) is 5.75 Å². The summed E-state index contributed by atoms with van der Waals surface area (Å²) in [5.74, 6) is 0.873. The summed E-state index contributed by atoms with van der Waals surface area (Å²) < 4.78 is 2.19. The van der Waals surface area contributed by atoms with E-state index in [1.54, 1.807) is 6.07 Å². The summed E-state index contributed by atoms with van der Waals surface area (Å²) >= 11 is 0. The second-order valence-corrected chi connectivity index (χ2v) is 14.2. The van der Waals surface area contributed by atoms with Crippen molar-refractivity contribution in [2.24, 2.45) is 0 Å². The number of aromatic hydroxyl groups is 1. The van der Waals surface area contributed by atoms with E-state index < -0.39 is 0 Å². The maximum Gasteiger partial charge on any atom is 0.149 e. The molecular weight excluding hydrogens is 623 g/mol. The topological polar surface area (TPSA) is 50.9 Å². The average molecular weight is 662 g/mol. The smallest absolute Gasteiger partial charge is 0.149 e. The Kier molecular flexibility index (Phi) is 8.08. The molecule has 0 aliphatic rings. The Bertz CT molecular complexity index is 2520. The summed E-state index contributed by atoms with van der Waals surface area (Å²) in [7, 11) is 0. The Labute approximate surface area is 299 Å². The molecule has 6 aromatic carbocycles. The van der Waals surface area contributed by atoms with Gasteiger partial charge in [-0.15, -0.1) is 0 Å². The molecule has 0 saturated heterocycles. The third-order valence-electron chi connectivity index (χ3n) is 9.53. The predicted octanol–water partition coefficient (Wildman–Crippen LogP) is 12.1. The second-order valence-electron chi connectivity index (χ2n) is 14.2. The van der Waals surface area contributed by atoms with Crippen LogP contribution >= 0.6 is 0 Å². The molecule has 0 bridgehead atoms. The molecule has 2 heterocycles. The molecule has 8 aromatic rings. The molecule has 0 saturated carbocycles. The SMILES string of the molecule is Cc1cc(-c2ccccc2)cc(-n2c(-c3ccccc3O)nc3c(-c4cc(-c5cc(-c6ccccc6)ccn5)cc(C(C)(C)C)c4)cccc32)c1. The number of aryl methyl sites for hydroxylation is 1. The number of phenolic OH excluding ortho intramolecular Hbond substituents is 1. The van der Waals surface area contributed by atoms with Crippen molar-refractivity contribution < 1.29 is 5.11 Å². The van der Waals surface area contributed by atoms with Crippen molar-refractivity contribution in [1.29, 1.82) is 0 Å². The van der Waals surface area contributed by atoms with Gasteiger partial charge >= 0.3 is 0 Å². The summed E-state index contributed by atoms with van der Waals surface area (Å²) in [5.41, 5.74) is 14.3. The monoisotopic (exact) mass is 661 g/mol. The molecule has 51 heavy (non-hydrogen) atoms. The fraction of sp³-hybridized carbons (Fsp3) is 0.106. The van der Waals surface area contributed by atoms with Crippen LogP contribution in [0.1, 0.15) is 31.9 Å². The van der Waals surface area contributed by atoms with Crippen LogP contribution in [0.15, 0.2) is 158 Å². The summed E-state index contributed by atoms with van der Waals surface area (Å²) in [6.45, 7) is 8.87. The van der Waals surface area contributed by atoms with Crippen molar-refractivity contribution >= 4 is 11.0 Å². The van der Waals surface area contributed by atoms with Crippen molar-refractivity contribution in [1.82, 2.24) is 14.5 Å². The van der Waals surface area contributed by atoms with Crippen LogP contribution in [-0.4, -0.2) is 19.6 Å². The number of para-hydroxylation sites is 2. The van der Waals surface area contributed by atoms with Crippen molar-refractivity contribution in [2.75, 3.05) is 0 Å². The maximum atomic E-state index is 11.2. The van der Waals surface area contributed by atoms with Gasteiger partial charge in [0, 0.05) is 23.0 Å². The van der Waals surface area contributed by atoms with Gasteiger partial charge in [-0.25, -0.2) is 4.98 Å². The molecule has 248 valence electrons. The molecule has 0 fully saturated rings. The third-order valence-corrected chi connectivity index (χ3v) is 9.53. The molecule has 0 spiro atoms. The summed E-state index contributed by atoms with van der Waals surface area (Å²) in [6.07, 6.45) is 1.90. The molecular formula is C47H39N3O. The number of hydrogen-bond acceptors (Lipinski definition) is 3. The zero-order chi connectivity index (χ0) is 35.1. The summed E-state index contributed by atoms with van der Waals surface area (Å²) in [5, 5.41) is 11.2. The zero-order valence-corrected chi connectivity index (χ0v) is 29.3. The van der Waals surface area contributed by atoms with Crippen molar-refractivity contribution in [3.63, 3.8) is 0 Å². The standard InChI is InChI=1S/C47H39N3O/c1-31-24-35(33-16-9-6-10-17-33)29-39(25-31)50-43-20-13-19-40(45(43)49-46(50)41-18-11-12-21-44(41)51)36-26-37(28-38(27-36)47(2,3)4)42-30-34(22-23-48-42)32-14-7-5-8-15-32/h5-30,51H,1-4H3. The molecule has 0 unspecified atom stereocenters. The quantitative estimate of drug-likeness (QED) is 0.193. The van der Waals surface area contributed by atoms with Gasteiger partial charge in [0.2, 0.25) is 0 Å². The van der Waals surface area contributed by atoms with Crippen LogP contribution in [-0.2, 0) is 5.41 Å². The Hall–Kier alpha value is -6.26. The van der Waals surface area contributed by atoms with E-state index in [9.17, 15) is 5.11 Å². The van der Waals surface area contributed by atoms with Crippen LogP contribution in [0, 0.1) is 6.92 Å². The molecule has 0 atom stereocenters. The number of rotatable bonds is 6. The minimum Gasteiger partial charge on any atom is -0.507 e. The highest BCUT2D eigenvalue weighted by atomic mass is 16.3. The lowest BCUT2D eigenvalue weighted by atomic mass is 9.83. The molecule has 0 aliphatic heterocycles. The number of aromatic nitrogens is 3. The van der Waals surface area contributed by atoms with E-state index in [-0.39, 0.29) is 11.2 Å². The average Bonchev–Trinajstić information content (AvgIpc) is 3.55. The van der Waals surface area contributed by atoms with Crippen molar-refractivity contribution in [2.45, 2.75) is 33.1 Å². The number of imidazole rings is 1. The van der Waals surface area contributed by atoms with Crippen molar-refractivity contribution in [3.05, 3.63) is 169 Å². The lowest BCUT2D eigenvalue weighted by Crippen LogP contribution is -2.11.